The molecule has 0 bridgehead atoms. The van der Waals surface area contributed by atoms with E-state index in [9.17, 15) is 5.11 Å². The van der Waals surface area contributed by atoms with Crippen LogP contribution in [0.5, 0.6) is 0 Å². The molecule has 0 aliphatic heterocycles. The van der Waals surface area contributed by atoms with Gasteiger partial charge in [0.1, 0.15) is 0 Å². The highest BCUT2D eigenvalue weighted by molar-refractivity contribution is 7.80. The van der Waals surface area contributed by atoms with Crippen LogP contribution in [0.25, 0.3) is 0 Å². The Kier molecular flexibility index (Phi) is 6.45. The molecule has 3 aromatic carbocycles. The second-order valence-electron chi connectivity index (χ2n) is 8.01. The molecule has 0 saturated carbocycles. The number of rotatable bonds is 6. The van der Waals surface area contributed by atoms with Crippen LogP contribution in [0.15, 0.2) is 84.9 Å². The summed E-state index contributed by atoms with van der Waals surface area (Å²) in [5, 5.41) is 12.0. The molecule has 0 amide bonds. The monoisotopic (exact) mass is 406 g/mol. The first-order chi connectivity index (χ1) is 13.4. The Morgan fingerprint density at radius 3 is 1.68 bits per heavy atom. The minimum absolute atomic E-state index is 0.0779. The molecule has 144 valence electrons. The van der Waals surface area contributed by atoms with E-state index in [1.165, 1.54) is 10.4 Å². The fourth-order valence-corrected chi connectivity index (χ4v) is 6.14. The smallest absolute Gasteiger partial charge is 0.240 e. The van der Waals surface area contributed by atoms with E-state index in [0.717, 1.165) is 5.56 Å². The lowest BCUT2D eigenvalue weighted by molar-refractivity contribution is 0.0897. The van der Waals surface area contributed by atoms with Crippen LogP contribution in [0.2, 0.25) is 0 Å². The SMILES string of the molecule is CC(C)(C)C(O[SiH](c1ccccc1)c1ccccc1)c1ccc(C(O)=S)cc1. The van der Waals surface area contributed by atoms with E-state index in [-0.39, 0.29) is 16.6 Å². The van der Waals surface area contributed by atoms with Gasteiger partial charge in [-0.2, -0.15) is 0 Å². The summed E-state index contributed by atoms with van der Waals surface area (Å²) >= 11 is 4.87. The van der Waals surface area contributed by atoms with Gasteiger partial charge in [0.25, 0.3) is 0 Å². The summed E-state index contributed by atoms with van der Waals surface area (Å²) in [6.07, 6.45) is -0.0779. The van der Waals surface area contributed by atoms with E-state index in [1.54, 1.807) is 0 Å². The molecule has 4 heteroatoms. The molecular weight excluding hydrogens is 380 g/mol. The van der Waals surface area contributed by atoms with Gasteiger partial charge in [-0.1, -0.05) is 93.6 Å². The number of benzene rings is 3. The third-order valence-electron chi connectivity index (χ3n) is 4.72. The maximum Gasteiger partial charge on any atom is 0.240 e. The first-order valence-electron chi connectivity index (χ1n) is 9.45. The maximum absolute atomic E-state index is 9.56. The van der Waals surface area contributed by atoms with E-state index in [1.807, 2.05) is 36.4 Å². The van der Waals surface area contributed by atoms with Gasteiger partial charge in [-0.15, -0.1) is 0 Å². The first-order valence-corrected chi connectivity index (χ1v) is 11.5. The highest BCUT2D eigenvalue weighted by Gasteiger charge is 2.31. The largest absolute Gasteiger partial charge is 0.499 e. The van der Waals surface area contributed by atoms with Gasteiger partial charge in [0.05, 0.1) is 6.10 Å². The van der Waals surface area contributed by atoms with Crippen LogP contribution in [0.3, 0.4) is 0 Å². The number of thiocarbonyl (C=S) groups is 1. The molecule has 0 heterocycles. The molecule has 0 aliphatic carbocycles. The number of hydrogen-bond acceptors (Lipinski definition) is 2. The van der Waals surface area contributed by atoms with Crippen LogP contribution in [0.4, 0.5) is 0 Å². The fraction of sp³-hybridized carbons (Fsp3) is 0.208. The zero-order valence-corrected chi connectivity index (χ0v) is 18.5. The van der Waals surface area contributed by atoms with Crippen LogP contribution < -0.4 is 10.4 Å². The van der Waals surface area contributed by atoms with Gasteiger partial charge < -0.3 is 9.53 Å². The minimum Gasteiger partial charge on any atom is -0.499 e. The lowest BCUT2D eigenvalue weighted by Crippen LogP contribution is -2.47. The Hall–Kier alpha value is -2.27. The molecule has 0 radical (unpaired) electrons. The molecule has 0 saturated heterocycles. The van der Waals surface area contributed by atoms with Crippen molar-refractivity contribution in [2.24, 2.45) is 5.41 Å². The topological polar surface area (TPSA) is 29.5 Å². The van der Waals surface area contributed by atoms with Crippen molar-refractivity contribution >= 4 is 36.7 Å². The summed E-state index contributed by atoms with van der Waals surface area (Å²) in [5.41, 5.74) is 1.67. The molecule has 2 nitrogen and oxygen atoms in total. The minimum atomic E-state index is -1.89. The van der Waals surface area contributed by atoms with E-state index < -0.39 is 9.04 Å². The summed E-state index contributed by atoms with van der Waals surface area (Å²) in [4.78, 5) is 0. The standard InChI is InChI=1S/C24H26O2SSi/c1-24(2,3)22(18-14-16-19(17-15-18)23(25)27)26-28(20-10-6-4-7-11-20)21-12-8-5-9-13-21/h4-17,22,28H,1-3H3,(H,25,27). The van der Waals surface area contributed by atoms with Crippen molar-refractivity contribution in [3.05, 3.63) is 96.1 Å². The highest BCUT2D eigenvalue weighted by atomic mass is 32.1. The Morgan fingerprint density at radius 1 is 0.821 bits per heavy atom. The van der Waals surface area contributed by atoms with Crippen molar-refractivity contribution in [1.82, 2.24) is 0 Å². The number of aliphatic hydroxyl groups is 1. The predicted octanol–water partition coefficient (Wildman–Crippen LogP) is 4.56. The Bertz CT molecular complexity index is 863. The molecule has 0 spiro atoms. The highest BCUT2D eigenvalue weighted by Crippen LogP contribution is 2.36. The summed E-state index contributed by atoms with van der Waals surface area (Å²) in [5.74, 6) is 0. The summed E-state index contributed by atoms with van der Waals surface area (Å²) < 4.78 is 6.92. The number of aliphatic hydroxyl groups excluding tert-OH is 1. The Labute approximate surface area is 174 Å². The second kappa shape index (κ2) is 8.82. The third kappa shape index (κ3) is 4.96. The quantitative estimate of drug-likeness (QED) is 0.481. The van der Waals surface area contributed by atoms with Crippen molar-refractivity contribution in [2.75, 3.05) is 0 Å². The molecule has 0 aliphatic rings. The molecule has 0 aromatic heterocycles. The van der Waals surface area contributed by atoms with Crippen LogP contribution >= 0.6 is 12.2 Å². The van der Waals surface area contributed by atoms with Gasteiger partial charge >= 0.3 is 0 Å². The lowest BCUT2D eigenvalue weighted by Gasteiger charge is -2.35. The predicted molar refractivity (Wildman–Crippen MR) is 123 cm³/mol. The first kappa shape index (κ1) is 20.5. The molecule has 0 fully saturated rings. The van der Waals surface area contributed by atoms with Crippen molar-refractivity contribution in [2.45, 2.75) is 26.9 Å². The zero-order valence-electron chi connectivity index (χ0n) is 16.5. The molecule has 3 rings (SSSR count). The van der Waals surface area contributed by atoms with Crippen molar-refractivity contribution in [3.8, 4) is 0 Å². The second-order valence-corrected chi connectivity index (χ2v) is 10.8. The third-order valence-corrected chi connectivity index (χ3v) is 7.48. The van der Waals surface area contributed by atoms with Crippen molar-refractivity contribution in [3.63, 3.8) is 0 Å². The van der Waals surface area contributed by atoms with E-state index >= 15 is 0 Å². The molecule has 28 heavy (non-hydrogen) atoms. The van der Waals surface area contributed by atoms with Gasteiger partial charge in [-0.3, -0.25) is 0 Å². The average molecular weight is 407 g/mol. The Morgan fingerprint density at radius 2 is 1.29 bits per heavy atom. The van der Waals surface area contributed by atoms with Crippen LogP contribution in [0, 0.1) is 5.41 Å². The molecular formula is C24H26O2SSi. The van der Waals surface area contributed by atoms with Crippen LogP contribution in [0.1, 0.15) is 38.0 Å². The molecule has 1 unspecified atom stereocenters. The van der Waals surface area contributed by atoms with Gasteiger partial charge in [0, 0.05) is 5.56 Å². The van der Waals surface area contributed by atoms with Crippen LogP contribution in [-0.2, 0) is 4.43 Å². The van der Waals surface area contributed by atoms with Crippen molar-refractivity contribution in [1.29, 1.82) is 0 Å². The summed E-state index contributed by atoms with van der Waals surface area (Å²) in [6.45, 7) is 6.59. The van der Waals surface area contributed by atoms with Gasteiger partial charge in [-0.25, -0.2) is 0 Å². The van der Waals surface area contributed by atoms with Gasteiger partial charge in [-0.05, 0) is 45.7 Å². The van der Waals surface area contributed by atoms with Gasteiger partial charge in [0.15, 0.2) is 5.05 Å². The van der Waals surface area contributed by atoms with Crippen LogP contribution in [-0.4, -0.2) is 19.2 Å². The molecule has 1 atom stereocenters. The van der Waals surface area contributed by atoms with Crippen molar-refractivity contribution < 1.29 is 9.53 Å². The Balaban J connectivity index is 2.00. The summed E-state index contributed by atoms with van der Waals surface area (Å²) in [7, 11) is -1.89. The lowest BCUT2D eigenvalue weighted by atomic mass is 9.84. The molecule has 3 aromatic rings. The van der Waals surface area contributed by atoms with Gasteiger partial charge in [0.2, 0.25) is 9.04 Å². The normalized spacial score (nSPS) is 12.7. The maximum atomic E-state index is 9.56. The van der Waals surface area contributed by atoms with E-state index in [2.05, 4.69) is 69.3 Å². The molecule has 1 N–H and O–H groups in total. The average Bonchev–Trinajstić information content (AvgIpc) is 2.69. The van der Waals surface area contributed by atoms with E-state index in [0.29, 0.717) is 5.56 Å². The zero-order chi connectivity index (χ0) is 20.1. The fourth-order valence-electron chi connectivity index (χ4n) is 3.32. The number of hydrogen-bond donors (Lipinski definition) is 1. The summed E-state index contributed by atoms with van der Waals surface area (Å²) in [6, 6.07) is 28.8. The van der Waals surface area contributed by atoms with E-state index in [4.69, 9.17) is 16.6 Å².